The monoisotopic (exact) mass is 272 g/mol. The van der Waals surface area contributed by atoms with E-state index in [-0.39, 0.29) is 11.3 Å². The van der Waals surface area contributed by atoms with E-state index in [2.05, 4.69) is 6.92 Å². The summed E-state index contributed by atoms with van der Waals surface area (Å²) in [5, 5.41) is 41.6. The molecule has 6 atom stereocenters. The molecule has 0 heterocycles. The third-order valence-corrected chi connectivity index (χ3v) is 5.73. The van der Waals surface area contributed by atoms with Crippen molar-refractivity contribution in [1.29, 1.82) is 0 Å². The second-order valence-corrected chi connectivity index (χ2v) is 7.70. The minimum Gasteiger partial charge on any atom is -0.392 e. The highest BCUT2D eigenvalue weighted by Crippen LogP contribution is 2.56. The summed E-state index contributed by atoms with van der Waals surface area (Å²) in [6, 6.07) is 0. The number of fused-ring (bicyclic) bond motifs is 1. The fourth-order valence-electron chi connectivity index (χ4n) is 4.52. The lowest BCUT2D eigenvalue weighted by Crippen LogP contribution is -2.65. The van der Waals surface area contributed by atoms with E-state index in [1.165, 1.54) is 0 Å². The van der Waals surface area contributed by atoms with Crippen molar-refractivity contribution in [3.8, 4) is 0 Å². The van der Waals surface area contributed by atoms with Crippen LogP contribution < -0.4 is 0 Å². The summed E-state index contributed by atoms with van der Waals surface area (Å²) >= 11 is 0. The quantitative estimate of drug-likeness (QED) is 0.575. The van der Waals surface area contributed by atoms with Crippen molar-refractivity contribution in [3.63, 3.8) is 0 Å². The van der Waals surface area contributed by atoms with Crippen molar-refractivity contribution in [2.24, 2.45) is 17.3 Å². The number of hydrogen-bond donors (Lipinski definition) is 4. The Kier molecular flexibility index (Phi) is 3.54. The summed E-state index contributed by atoms with van der Waals surface area (Å²) in [7, 11) is 0. The molecule has 4 N–H and O–H groups in total. The number of aliphatic hydroxyl groups is 4. The van der Waals surface area contributed by atoms with Crippen molar-refractivity contribution >= 4 is 0 Å². The maximum atomic E-state index is 10.7. The van der Waals surface area contributed by atoms with Crippen molar-refractivity contribution in [1.82, 2.24) is 0 Å². The average Bonchev–Trinajstić information content (AvgIpc) is 2.22. The molecule has 0 radical (unpaired) electrons. The van der Waals surface area contributed by atoms with Crippen LogP contribution in [-0.4, -0.2) is 43.8 Å². The molecule has 0 unspecified atom stereocenters. The fraction of sp³-hybridized carbons (Fsp3) is 1.00. The zero-order valence-corrected chi connectivity index (χ0v) is 12.4. The highest BCUT2D eigenvalue weighted by atomic mass is 16.3. The average molecular weight is 272 g/mol. The smallest absolute Gasteiger partial charge is 0.0935 e. The van der Waals surface area contributed by atoms with Gasteiger partial charge in [-0.15, -0.1) is 0 Å². The molecule has 0 spiro atoms. The van der Waals surface area contributed by atoms with Gasteiger partial charge in [-0.05, 0) is 51.9 Å². The first-order valence-electron chi connectivity index (χ1n) is 7.31. The lowest BCUT2D eigenvalue weighted by Gasteiger charge is -2.59. The maximum absolute atomic E-state index is 10.7. The standard InChI is InChI=1S/C15H28O4/c1-13(2,18)9-5-7-14(3)8-6-10(16)15(4,19)12(14)11(9)17/h9-12,16-19H,5-8H2,1-4H3/t9-,10-,11+,12+,14+,15-/m1/s1. The van der Waals surface area contributed by atoms with Gasteiger partial charge in [-0.3, -0.25) is 0 Å². The molecule has 0 bridgehead atoms. The fourth-order valence-corrected chi connectivity index (χ4v) is 4.52. The Labute approximate surface area is 115 Å². The minimum absolute atomic E-state index is 0.163. The Morgan fingerprint density at radius 3 is 2.11 bits per heavy atom. The number of aliphatic hydroxyl groups excluding tert-OH is 2. The molecule has 0 aromatic rings. The molecule has 4 nitrogen and oxygen atoms in total. The topological polar surface area (TPSA) is 80.9 Å². The van der Waals surface area contributed by atoms with Crippen LogP contribution in [0.25, 0.3) is 0 Å². The van der Waals surface area contributed by atoms with Crippen molar-refractivity contribution in [2.75, 3.05) is 0 Å². The van der Waals surface area contributed by atoms with Gasteiger partial charge in [0.25, 0.3) is 0 Å². The third-order valence-electron chi connectivity index (χ3n) is 5.73. The Hall–Kier alpha value is -0.160. The normalized spacial score (nSPS) is 51.8. The Balaban J connectivity index is 2.36. The summed E-state index contributed by atoms with van der Waals surface area (Å²) in [5.41, 5.74) is -2.43. The lowest BCUT2D eigenvalue weighted by molar-refractivity contribution is -0.236. The molecule has 0 amide bonds. The van der Waals surface area contributed by atoms with Gasteiger partial charge >= 0.3 is 0 Å². The van der Waals surface area contributed by atoms with Crippen molar-refractivity contribution in [2.45, 2.75) is 76.8 Å². The van der Waals surface area contributed by atoms with Gasteiger partial charge < -0.3 is 20.4 Å². The molecule has 0 aromatic carbocycles. The van der Waals surface area contributed by atoms with Crippen LogP contribution in [0.1, 0.15) is 53.4 Å². The summed E-state index contributed by atoms with van der Waals surface area (Å²) < 4.78 is 0. The Morgan fingerprint density at radius 1 is 1.05 bits per heavy atom. The van der Waals surface area contributed by atoms with Gasteiger partial charge in [-0.1, -0.05) is 6.92 Å². The largest absolute Gasteiger partial charge is 0.392 e. The molecule has 2 aliphatic rings. The zero-order valence-electron chi connectivity index (χ0n) is 12.4. The van der Waals surface area contributed by atoms with Gasteiger partial charge in [0, 0.05) is 11.8 Å². The van der Waals surface area contributed by atoms with E-state index in [0.717, 1.165) is 19.3 Å². The highest BCUT2D eigenvalue weighted by Gasteiger charge is 2.60. The highest BCUT2D eigenvalue weighted by molar-refractivity contribution is 5.10. The molecular formula is C15H28O4. The third kappa shape index (κ3) is 2.33. The van der Waals surface area contributed by atoms with E-state index >= 15 is 0 Å². The second-order valence-electron chi connectivity index (χ2n) is 7.70. The predicted molar refractivity (Wildman–Crippen MR) is 72.5 cm³/mol. The van der Waals surface area contributed by atoms with Crippen molar-refractivity contribution in [3.05, 3.63) is 0 Å². The van der Waals surface area contributed by atoms with E-state index in [1.54, 1.807) is 20.8 Å². The van der Waals surface area contributed by atoms with Crippen LogP contribution in [0.5, 0.6) is 0 Å². The molecule has 2 rings (SSSR count). The van der Waals surface area contributed by atoms with Crippen LogP contribution in [0.15, 0.2) is 0 Å². The summed E-state index contributed by atoms with van der Waals surface area (Å²) in [5.74, 6) is -0.656. The predicted octanol–water partition coefficient (Wildman–Crippen LogP) is 1.06. The van der Waals surface area contributed by atoms with E-state index in [1.807, 2.05) is 0 Å². The molecule has 112 valence electrons. The van der Waals surface area contributed by atoms with Crippen LogP contribution in [0.2, 0.25) is 0 Å². The second kappa shape index (κ2) is 4.42. The Bertz CT molecular complexity index is 342. The van der Waals surface area contributed by atoms with Crippen molar-refractivity contribution < 1.29 is 20.4 Å². The van der Waals surface area contributed by atoms with Crippen LogP contribution in [-0.2, 0) is 0 Å². The lowest BCUT2D eigenvalue weighted by atomic mass is 9.50. The van der Waals surface area contributed by atoms with Gasteiger partial charge in [0.05, 0.1) is 23.4 Å². The van der Waals surface area contributed by atoms with Gasteiger partial charge in [0.1, 0.15) is 0 Å². The molecule has 19 heavy (non-hydrogen) atoms. The molecule has 2 aliphatic carbocycles. The SMILES string of the molecule is CC(C)(O)[C@@H]1CC[C@@]2(C)CC[C@@H](O)[C@@](C)(O)[C@H]2[C@H]1O. The summed E-state index contributed by atoms with van der Waals surface area (Å²) in [6.45, 7) is 7.12. The molecule has 2 saturated carbocycles. The van der Waals surface area contributed by atoms with E-state index < -0.39 is 29.3 Å². The number of hydrogen-bond acceptors (Lipinski definition) is 4. The van der Waals surface area contributed by atoms with E-state index in [9.17, 15) is 20.4 Å². The van der Waals surface area contributed by atoms with Crippen LogP contribution >= 0.6 is 0 Å². The van der Waals surface area contributed by atoms with Gasteiger partial charge in [0.15, 0.2) is 0 Å². The van der Waals surface area contributed by atoms with Gasteiger partial charge in [-0.2, -0.15) is 0 Å². The first kappa shape index (κ1) is 15.2. The zero-order chi connectivity index (χ0) is 14.6. The molecule has 0 aliphatic heterocycles. The van der Waals surface area contributed by atoms with E-state index in [0.29, 0.717) is 6.42 Å². The van der Waals surface area contributed by atoms with Crippen LogP contribution in [0.3, 0.4) is 0 Å². The van der Waals surface area contributed by atoms with Gasteiger partial charge in [-0.25, -0.2) is 0 Å². The minimum atomic E-state index is -1.30. The molecule has 0 aromatic heterocycles. The summed E-state index contributed by atoms with van der Waals surface area (Å²) in [6.07, 6.45) is 1.41. The van der Waals surface area contributed by atoms with Crippen LogP contribution in [0.4, 0.5) is 0 Å². The Morgan fingerprint density at radius 2 is 1.58 bits per heavy atom. The van der Waals surface area contributed by atoms with Gasteiger partial charge in [0.2, 0.25) is 0 Å². The molecule has 2 fully saturated rings. The first-order chi connectivity index (χ1) is 8.50. The molecule has 0 saturated heterocycles. The van der Waals surface area contributed by atoms with E-state index in [4.69, 9.17) is 0 Å². The maximum Gasteiger partial charge on any atom is 0.0935 e. The number of rotatable bonds is 1. The van der Waals surface area contributed by atoms with Crippen LogP contribution in [0, 0.1) is 17.3 Å². The summed E-state index contributed by atoms with van der Waals surface area (Å²) in [4.78, 5) is 0. The molecular weight excluding hydrogens is 244 g/mol. The molecule has 4 heteroatoms. The first-order valence-corrected chi connectivity index (χ1v) is 7.31.